The van der Waals surface area contributed by atoms with E-state index in [2.05, 4.69) is 4.74 Å². The van der Waals surface area contributed by atoms with Gasteiger partial charge in [0, 0.05) is 22.6 Å². The second-order valence-electron chi connectivity index (χ2n) is 10.6. The van der Waals surface area contributed by atoms with E-state index in [1.165, 1.54) is 11.6 Å². The highest BCUT2D eigenvalue weighted by atomic mass is 19.1. The number of halogens is 1. The van der Waals surface area contributed by atoms with Gasteiger partial charge in [-0.3, -0.25) is 4.79 Å². The molecule has 0 unspecified atom stereocenters. The Bertz CT molecular complexity index is 1810. The monoisotopic (exact) mass is 587 g/mol. The lowest BCUT2D eigenvalue weighted by atomic mass is 9.85. The first-order valence-electron chi connectivity index (χ1n) is 14.4. The van der Waals surface area contributed by atoms with Crippen LogP contribution in [0.15, 0.2) is 41.2 Å². The molecule has 2 aromatic heterocycles. The van der Waals surface area contributed by atoms with E-state index >= 15 is 0 Å². The van der Waals surface area contributed by atoms with Gasteiger partial charge in [0.2, 0.25) is 0 Å². The average molecular weight is 588 g/mol. The Morgan fingerprint density at radius 3 is 2.49 bits per heavy atom. The summed E-state index contributed by atoms with van der Waals surface area (Å²) < 4.78 is 25.7. The average Bonchev–Trinajstić information content (AvgIpc) is 3.38. The van der Waals surface area contributed by atoms with Crippen molar-refractivity contribution in [1.82, 2.24) is 9.55 Å². The van der Waals surface area contributed by atoms with Crippen LogP contribution in [0.2, 0.25) is 0 Å². The van der Waals surface area contributed by atoms with Crippen LogP contribution in [0.1, 0.15) is 70.9 Å². The lowest BCUT2D eigenvalue weighted by Crippen LogP contribution is -2.32. The Morgan fingerprint density at radius 1 is 1.09 bits per heavy atom. The number of aryl methyl sites for hydroxylation is 3. The Hall–Kier alpha value is -4.57. The molecule has 7 rings (SSSR count). The topological polar surface area (TPSA) is 134 Å². The molecule has 1 atom stereocenters. The maximum Gasteiger partial charge on any atom is 0.404 e. The van der Waals surface area contributed by atoms with Crippen molar-refractivity contribution in [3.63, 3.8) is 0 Å². The number of aliphatic hydroxyl groups excluding tert-OH is 1. The highest BCUT2D eigenvalue weighted by Crippen LogP contribution is 2.42. The minimum atomic E-state index is -1.48. The predicted molar refractivity (Wildman–Crippen MR) is 159 cm³/mol. The summed E-state index contributed by atoms with van der Waals surface area (Å²) in [6.45, 7) is 8.29. The van der Waals surface area contributed by atoms with Crippen molar-refractivity contribution in [2.24, 2.45) is 5.73 Å². The Balaban J connectivity index is 0.000000222. The first-order chi connectivity index (χ1) is 20.6. The number of carbonyl (C=O) groups excluding carboxylic acids is 2. The molecule has 0 bridgehead atoms. The molecule has 4 heterocycles. The maximum atomic E-state index is 14.5. The van der Waals surface area contributed by atoms with Crippen molar-refractivity contribution in [2.45, 2.75) is 72.8 Å². The van der Waals surface area contributed by atoms with E-state index in [9.17, 15) is 23.9 Å². The molecule has 9 nitrogen and oxygen atoms in total. The zero-order valence-electron chi connectivity index (χ0n) is 24.6. The van der Waals surface area contributed by atoms with Crippen molar-refractivity contribution in [2.75, 3.05) is 0 Å². The molecular weight excluding hydrogens is 553 g/mol. The summed E-state index contributed by atoms with van der Waals surface area (Å²) in [5, 5.41) is 11.2. The van der Waals surface area contributed by atoms with Gasteiger partial charge in [0.15, 0.2) is 6.10 Å². The van der Waals surface area contributed by atoms with Crippen LogP contribution in [0.25, 0.3) is 22.3 Å². The van der Waals surface area contributed by atoms with E-state index in [0.29, 0.717) is 34.6 Å². The maximum absolute atomic E-state index is 14.5. The number of fused-ring (bicyclic) bond motifs is 5. The fraction of sp³-hybridized carbons (Fsp3) is 0.333. The zero-order valence-corrected chi connectivity index (χ0v) is 24.6. The number of rotatable bonds is 2. The van der Waals surface area contributed by atoms with Gasteiger partial charge in [-0.15, -0.1) is 0 Å². The SMILES string of the molecule is CC.Cc1c(F)cc2nc3c(c4c2c1CCC4)Cn1c-3cc2c(c1=O)COC(=O)[C@H]2O.Cc1ccc(COC(N)=O)cc1. The molecule has 2 aromatic carbocycles. The Morgan fingerprint density at radius 2 is 1.79 bits per heavy atom. The van der Waals surface area contributed by atoms with Crippen LogP contribution in [0, 0.1) is 19.7 Å². The number of ether oxygens (including phenoxy) is 2. The summed E-state index contributed by atoms with van der Waals surface area (Å²) in [5.74, 6) is -1.03. The highest BCUT2D eigenvalue weighted by Gasteiger charge is 2.35. The number of aromatic nitrogens is 2. The fourth-order valence-electron chi connectivity index (χ4n) is 5.90. The number of aliphatic hydroxyl groups is 1. The number of primary amides is 1. The van der Waals surface area contributed by atoms with Crippen LogP contribution in [0.5, 0.6) is 0 Å². The van der Waals surface area contributed by atoms with Gasteiger partial charge < -0.3 is 24.9 Å². The van der Waals surface area contributed by atoms with Crippen LogP contribution < -0.4 is 11.3 Å². The summed E-state index contributed by atoms with van der Waals surface area (Å²) in [7, 11) is 0. The van der Waals surface area contributed by atoms with Gasteiger partial charge in [-0.1, -0.05) is 43.7 Å². The van der Waals surface area contributed by atoms with E-state index < -0.39 is 18.2 Å². The van der Waals surface area contributed by atoms with Crippen LogP contribution in [-0.2, 0) is 46.9 Å². The van der Waals surface area contributed by atoms with Gasteiger partial charge in [0.05, 0.1) is 29.0 Å². The molecule has 224 valence electrons. The molecule has 1 amide bonds. The number of nitrogens with zero attached hydrogens (tertiary/aromatic N) is 2. The van der Waals surface area contributed by atoms with Crippen LogP contribution in [-0.4, -0.2) is 26.7 Å². The number of cyclic esters (lactones) is 1. The van der Waals surface area contributed by atoms with Gasteiger partial charge in [-0.05, 0) is 61.4 Å². The lowest BCUT2D eigenvalue weighted by Gasteiger charge is -2.22. The summed E-state index contributed by atoms with van der Waals surface area (Å²) in [5.41, 5.74) is 12.8. The standard InChI is InChI=1S/C22H17FN2O4.C9H11NO2.C2H6/c1-9-10-3-2-4-11-13-7-25-17(19(13)24-16(18(10)11)6-15(9)23)5-12-14(21(25)27)8-29-22(28)20(12)26;1-7-2-4-8(5-3-7)6-12-9(10)11;1-2/h5-6,20,26H,2-4,7-8H2,1H3;2-5H,6H2,1H3,(H2,10,11);1-2H3/t20-;;/m0../s1. The normalized spacial score (nSPS) is 15.6. The van der Waals surface area contributed by atoms with Crippen LogP contribution >= 0.6 is 0 Å². The number of carbonyl (C=O) groups is 2. The fourth-order valence-corrected chi connectivity index (χ4v) is 5.90. The van der Waals surface area contributed by atoms with Gasteiger partial charge in [0.1, 0.15) is 19.0 Å². The number of nitrogens with two attached hydrogens (primary N) is 1. The number of pyridine rings is 2. The minimum Gasteiger partial charge on any atom is -0.458 e. The van der Waals surface area contributed by atoms with Crippen molar-refractivity contribution in [1.29, 1.82) is 0 Å². The highest BCUT2D eigenvalue weighted by molar-refractivity contribution is 5.92. The molecule has 0 saturated heterocycles. The predicted octanol–water partition coefficient (Wildman–Crippen LogP) is 5.07. The second-order valence-corrected chi connectivity index (χ2v) is 10.6. The number of esters is 1. The largest absolute Gasteiger partial charge is 0.458 e. The third-order valence-corrected chi connectivity index (χ3v) is 8.04. The molecular formula is C33H34FN3O6. The molecule has 4 aromatic rings. The molecule has 2 aliphatic heterocycles. The molecule has 10 heteroatoms. The molecule has 0 fully saturated rings. The molecule has 0 spiro atoms. The smallest absolute Gasteiger partial charge is 0.404 e. The Labute approximate surface area is 248 Å². The summed E-state index contributed by atoms with van der Waals surface area (Å²) in [4.78, 5) is 39.8. The summed E-state index contributed by atoms with van der Waals surface area (Å²) >= 11 is 0. The van der Waals surface area contributed by atoms with Crippen molar-refractivity contribution >= 4 is 23.0 Å². The lowest BCUT2D eigenvalue weighted by molar-refractivity contribution is -0.157. The molecule has 3 aliphatic rings. The van der Waals surface area contributed by atoms with E-state index in [1.807, 2.05) is 45.0 Å². The third-order valence-electron chi connectivity index (χ3n) is 8.04. The first-order valence-corrected chi connectivity index (χ1v) is 14.4. The van der Waals surface area contributed by atoms with Crippen molar-refractivity contribution < 1.29 is 28.6 Å². The van der Waals surface area contributed by atoms with E-state index in [0.717, 1.165) is 46.9 Å². The van der Waals surface area contributed by atoms with Gasteiger partial charge in [-0.25, -0.2) is 19.0 Å². The third kappa shape index (κ3) is 5.38. The Kier molecular flexibility index (Phi) is 8.32. The van der Waals surface area contributed by atoms with Gasteiger partial charge >= 0.3 is 12.1 Å². The van der Waals surface area contributed by atoms with Crippen molar-refractivity contribution in [3.05, 3.63) is 97.1 Å². The van der Waals surface area contributed by atoms with E-state index in [4.69, 9.17) is 15.5 Å². The summed E-state index contributed by atoms with van der Waals surface area (Å²) in [6, 6.07) is 10.8. The first kappa shape index (κ1) is 29.9. The quantitative estimate of drug-likeness (QED) is 0.276. The van der Waals surface area contributed by atoms with Gasteiger partial charge in [0.25, 0.3) is 5.56 Å². The number of hydrogen-bond donors (Lipinski definition) is 2. The van der Waals surface area contributed by atoms with Crippen molar-refractivity contribution in [3.8, 4) is 11.4 Å². The molecule has 0 radical (unpaired) electrons. The molecule has 3 N–H and O–H groups in total. The molecule has 1 aliphatic carbocycles. The minimum absolute atomic E-state index is 0.141. The second kappa shape index (κ2) is 12.0. The number of amides is 1. The number of hydrogen-bond acceptors (Lipinski definition) is 7. The molecule has 43 heavy (non-hydrogen) atoms. The van der Waals surface area contributed by atoms with E-state index in [-0.39, 0.29) is 30.2 Å². The van der Waals surface area contributed by atoms with E-state index in [1.54, 1.807) is 17.6 Å². The van der Waals surface area contributed by atoms with Crippen LogP contribution in [0.3, 0.4) is 0 Å². The zero-order chi connectivity index (χ0) is 31.0. The number of benzene rings is 2. The van der Waals surface area contributed by atoms with Gasteiger partial charge in [-0.2, -0.15) is 0 Å². The molecule has 0 saturated carbocycles. The summed E-state index contributed by atoms with van der Waals surface area (Å²) in [6.07, 6.45) is 0.375. The van der Waals surface area contributed by atoms with Crippen LogP contribution in [0.4, 0.5) is 9.18 Å².